The first-order chi connectivity index (χ1) is 14.4. The molecule has 0 spiro atoms. The largest absolute Gasteiger partial charge is 0.710 e. The molecule has 3 aromatic rings. The highest BCUT2D eigenvalue weighted by Gasteiger charge is 2.26. The predicted molar refractivity (Wildman–Crippen MR) is 119 cm³/mol. The molecule has 2 aromatic carbocycles. The summed E-state index contributed by atoms with van der Waals surface area (Å²) in [4.78, 5) is 4.81. The smallest absolute Gasteiger partial charge is 0.351 e. The van der Waals surface area contributed by atoms with E-state index >= 15 is 0 Å². The Kier molecular flexibility index (Phi) is 5.94. The molecule has 1 saturated heterocycles. The van der Waals surface area contributed by atoms with Gasteiger partial charge in [0.15, 0.2) is 0 Å². The lowest BCUT2D eigenvalue weighted by molar-refractivity contribution is -0.609. The van der Waals surface area contributed by atoms with Crippen LogP contribution in [0.4, 0.5) is 5.82 Å². The Hall–Kier alpha value is -2.61. The van der Waals surface area contributed by atoms with Crippen molar-refractivity contribution in [2.45, 2.75) is 12.8 Å². The van der Waals surface area contributed by atoms with Gasteiger partial charge in [0.05, 0.1) is 5.56 Å². The molecule has 8 heteroatoms. The zero-order valence-electron chi connectivity index (χ0n) is 17.1. The normalized spacial score (nSPS) is 15.7. The maximum absolute atomic E-state index is 13.1. The number of nitrogen functional groups attached to an aromatic ring is 1. The first-order valence-corrected chi connectivity index (χ1v) is 10.6. The second-order valence-electron chi connectivity index (χ2n) is 7.90. The van der Waals surface area contributed by atoms with Gasteiger partial charge in [0.1, 0.15) is 0 Å². The number of nitrogens with two attached hydrogens (primary N) is 1. The minimum absolute atomic E-state index is 0.120. The van der Waals surface area contributed by atoms with Crippen molar-refractivity contribution in [3.05, 3.63) is 63.5 Å². The van der Waals surface area contributed by atoms with Crippen molar-refractivity contribution >= 4 is 28.5 Å². The molecule has 4 rings (SSSR count). The summed E-state index contributed by atoms with van der Waals surface area (Å²) in [6.45, 7) is 5.41. The molecule has 7 nitrogen and oxygen atoms in total. The van der Waals surface area contributed by atoms with E-state index in [1.54, 1.807) is 36.4 Å². The molecule has 1 aromatic heterocycles. The molecule has 0 radical (unpaired) electrons. The summed E-state index contributed by atoms with van der Waals surface area (Å²) in [5, 5.41) is 26.3. The summed E-state index contributed by atoms with van der Waals surface area (Å²) in [6, 6.07) is 12.2. The molecule has 0 atom stereocenters. The SMILES string of the molecule is CN1CCN(CCCc2ccc3c(c2)[n+]([O-])c(-c2cccc(Cl)c2)c(N)[n+]3[O-])CC1. The summed E-state index contributed by atoms with van der Waals surface area (Å²) in [6.07, 6.45) is 1.85. The van der Waals surface area contributed by atoms with Crippen LogP contribution < -0.4 is 15.2 Å². The molecule has 2 N–H and O–H groups in total. The fraction of sp³-hybridized carbons (Fsp3) is 0.364. The summed E-state index contributed by atoms with van der Waals surface area (Å²) >= 11 is 6.07. The molecule has 158 valence electrons. The monoisotopic (exact) mass is 427 g/mol. The van der Waals surface area contributed by atoms with Crippen LogP contribution in [0.5, 0.6) is 0 Å². The van der Waals surface area contributed by atoms with Gasteiger partial charge in [-0.05, 0) is 56.3 Å². The van der Waals surface area contributed by atoms with Gasteiger partial charge in [-0.15, -0.1) is 0 Å². The van der Waals surface area contributed by atoms with Gasteiger partial charge in [0.25, 0.3) is 5.52 Å². The molecule has 0 saturated carbocycles. The lowest BCUT2D eigenvalue weighted by atomic mass is 10.1. The third kappa shape index (κ3) is 4.14. The number of anilines is 1. The summed E-state index contributed by atoms with van der Waals surface area (Å²) in [7, 11) is 2.15. The number of likely N-dealkylation sites (N-methyl/N-ethyl adjacent to an activating group) is 1. The number of aromatic nitrogens is 2. The Balaban J connectivity index is 1.60. The number of hydrogen-bond donors (Lipinski definition) is 1. The van der Waals surface area contributed by atoms with Gasteiger partial charge in [-0.3, -0.25) is 5.73 Å². The lowest BCUT2D eigenvalue weighted by Crippen LogP contribution is -2.44. The van der Waals surface area contributed by atoms with Crippen LogP contribution in [0.15, 0.2) is 42.5 Å². The Morgan fingerprint density at radius 3 is 2.50 bits per heavy atom. The number of benzene rings is 2. The number of piperazine rings is 1. The highest BCUT2D eigenvalue weighted by molar-refractivity contribution is 6.30. The first-order valence-electron chi connectivity index (χ1n) is 10.2. The topological polar surface area (TPSA) is 86.4 Å². The molecule has 1 aliphatic heterocycles. The van der Waals surface area contributed by atoms with Crippen LogP contribution in [0.2, 0.25) is 5.02 Å². The van der Waals surface area contributed by atoms with Crippen LogP contribution >= 0.6 is 11.6 Å². The van der Waals surface area contributed by atoms with Crippen molar-refractivity contribution < 1.29 is 9.46 Å². The van der Waals surface area contributed by atoms with Crippen molar-refractivity contribution in [3.63, 3.8) is 0 Å². The first kappa shape index (κ1) is 20.7. The number of nitrogens with zero attached hydrogens (tertiary/aromatic N) is 4. The van der Waals surface area contributed by atoms with Crippen molar-refractivity contribution in [1.82, 2.24) is 9.80 Å². The van der Waals surface area contributed by atoms with E-state index in [-0.39, 0.29) is 17.0 Å². The molecule has 30 heavy (non-hydrogen) atoms. The van der Waals surface area contributed by atoms with Crippen molar-refractivity contribution in [2.24, 2.45) is 0 Å². The van der Waals surface area contributed by atoms with E-state index < -0.39 is 0 Å². The average Bonchev–Trinajstić information content (AvgIpc) is 2.74. The Labute approximate surface area is 181 Å². The van der Waals surface area contributed by atoms with E-state index in [0.717, 1.165) is 55.9 Å². The zero-order valence-corrected chi connectivity index (χ0v) is 17.8. The van der Waals surface area contributed by atoms with Crippen LogP contribution in [0.25, 0.3) is 22.3 Å². The summed E-state index contributed by atoms with van der Waals surface area (Å²) in [5.74, 6) is -0.136. The van der Waals surface area contributed by atoms with Crippen LogP contribution in [0.1, 0.15) is 12.0 Å². The summed E-state index contributed by atoms with van der Waals surface area (Å²) in [5.41, 5.74) is 8.26. The molecule has 2 heterocycles. The maximum atomic E-state index is 13.1. The Morgan fingerprint density at radius 1 is 1.00 bits per heavy atom. The molecule has 1 fully saturated rings. The van der Waals surface area contributed by atoms with E-state index in [1.165, 1.54) is 0 Å². The molecule has 0 amide bonds. The molecular formula is C22H26ClN5O2. The molecule has 0 unspecified atom stereocenters. The Bertz CT molecular complexity index is 1070. The van der Waals surface area contributed by atoms with E-state index in [9.17, 15) is 10.4 Å². The second kappa shape index (κ2) is 8.63. The summed E-state index contributed by atoms with van der Waals surface area (Å²) < 4.78 is 1.36. The fourth-order valence-electron chi connectivity index (χ4n) is 3.99. The van der Waals surface area contributed by atoms with Gasteiger partial charge in [0.2, 0.25) is 5.52 Å². The average molecular weight is 428 g/mol. The standard InChI is InChI=1S/C22H26ClN5O2/c1-25-10-12-26(13-11-25)9-3-4-16-7-8-19-20(14-16)27(29)21(22(24)28(19)30)17-5-2-6-18(23)15-17/h2,5-8,14-15H,3-4,9-13,24H2,1H3. The fourth-order valence-corrected chi connectivity index (χ4v) is 4.18. The van der Waals surface area contributed by atoms with Crippen molar-refractivity contribution in [2.75, 3.05) is 45.5 Å². The lowest BCUT2D eigenvalue weighted by Gasteiger charge is -2.32. The van der Waals surface area contributed by atoms with Crippen LogP contribution in [0.3, 0.4) is 0 Å². The van der Waals surface area contributed by atoms with E-state index in [1.807, 2.05) is 6.07 Å². The van der Waals surface area contributed by atoms with Crippen molar-refractivity contribution in [3.8, 4) is 11.3 Å². The van der Waals surface area contributed by atoms with Crippen LogP contribution in [-0.4, -0.2) is 49.6 Å². The van der Waals surface area contributed by atoms with Gasteiger partial charge < -0.3 is 20.2 Å². The third-order valence-electron chi connectivity index (χ3n) is 5.78. The van der Waals surface area contributed by atoms with E-state index in [4.69, 9.17) is 17.3 Å². The minimum Gasteiger partial charge on any atom is -0.710 e. The third-order valence-corrected chi connectivity index (χ3v) is 6.01. The quantitative estimate of drug-likeness (QED) is 0.498. The van der Waals surface area contributed by atoms with Gasteiger partial charge in [-0.25, -0.2) is 4.73 Å². The van der Waals surface area contributed by atoms with Gasteiger partial charge in [-0.1, -0.05) is 23.7 Å². The van der Waals surface area contributed by atoms with Crippen molar-refractivity contribution in [1.29, 1.82) is 0 Å². The number of halogens is 1. The molecule has 0 bridgehead atoms. The van der Waals surface area contributed by atoms with E-state index in [0.29, 0.717) is 20.8 Å². The second-order valence-corrected chi connectivity index (χ2v) is 8.34. The molecular weight excluding hydrogens is 402 g/mol. The number of fused-ring (bicyclic) bond motifs is 1. The van der Waals surface area contributed by atoms with Gasteiger partial charge >= 0.3 is 11.5 Å². The Morgan fingerprint density at radius 2 is 1.77 bits per heavy atom. The highest BCUT2D eigenvalue weighted by Crippen LogP contribution is 2.25. The number of aryl methyl sites for hydroxylation is 1. The number of rotatable bonds is 5. The van der Waals surface area contributed by atoms with Gasteiger partial charge in [0, 0.05) is 37.3 Å². The molecule has 1 aliphatic rings. The highest BCUT2D eigenvalue weighted by atomic mass is 35.5. The van der Waals surface area contributed by atoms with Crippen LogP contribution in [0, 0.1) is 10.4 Å². The maximum Gasteiger partial charge on any atom is 0.351 e. The zero-order chi connectivity index (χ0) is 21.3. The minimum atomic E-state index is -0.136. The molecule has 0 aliphatic carbocycles. The van der Waals surface area contributed by atoms with E-state index in [2.05, 4.69) is 16.8 Å². The predicted octanol–water partition coefficient (Wildman–Crippen LogP) is 2.19. The number of hydrogen-bond acceptors (Lipinski definition) is 5. The van der Waals surface area contributed by atoms with Crippen LogP contribution in [-0.2, 0) is 6.42 Å². The van der Waals surface area contributed by atoms with Gasteiger partial charge in [-0.2, -0.15) is 4.73 Å².